The first kappa shape index (κ1) is 17.6. The largest absolute Gasteiger partial charge is 0.497 e. The Kier molecular flexibility index (Phi) is 5.17. The summed E-state index contributed by atoms with van der Waals surface area (Å²) in [4.78, 5) is 39.0. The maximum absolute atomic E-state index is 12.7. The maximum atomic E-state index is 12.7. The number of amides is 2. The molecule has 0 saturated heterocycles. The molecule has 0 aromatic heterocycles. The normalized spacial score (nSPS) is 14.4. The highest BCUT2D eigenvalue weighted by molar-refractivity contribution is 14.1. The van der Waals surface area contributed by atoms with Crippen LogP contribution in [0.3, 0.4) is 0 Å². The second kappa shape index (κ2) is 7.35. The quantitative estimate of drug-likeness (QED) is 0.387. The molecule has 0 unspecified atom stereocenters. The highest BCUT2D eigenvalue weighted by atomic mass is 127. The van der Waals surface area contributed by atoms with Crippen molar-refractivity contribution in [1.82, 2.24) is 4.90 Å². The van der Waals surface area contributed by atoms with Gasteiger partial charge in [0.25, 0.3) is 11.8 Å². The molecule has 1 aliphatic heterocycles. The van der Waals surface area contributed by atoms with Gasteiger partial charge in [0.05, 0.1) is 22.7 Å². The first-order valence-electron chi connectivity index (χ1n) is 7.75. The Morgan fingerprint density at radius 1 is 1.04 bits per heavy atom. The molecule has 1 heterocycles. The first-order valence-corrected chi connectivity index (χ1v) is 9.28. The lowest BCUT2D eigenvalue weighted by atomic mass is 10.0. The lowest BCUT2D eigenvalue weighted by Gasteiger charge is -2.24. The molecule has 0 radical (unpaired) electrons. The third-order valence-corrected chi connectivity index (χ3v) is 4.98. The molecular weight excluding hydrogens is 433 g/mol. The lowest BCUT2D eigenvalue weighted by molar-refractivity contribution is -0.120. The summed E-state index contributed by atoms with van der Waals surface area (Å²) in [7, 11) is 1.58. The van der Waals surface area contributed by atoms with E-state index in [4.69, 9.17) is 4.74 Å². The zero-order chi connectivity index (χ0) is 18.0. The van der Waals surface area contributed by atoms with Crippen LogP contribution in [0.15, 0.2) is 48.5 Å². The van der Waals surface area contributed by atoms with E-state index in [0.717, 1.165) is 10.5 Å². The molecular formula is C19H16INO4. The van der Waals surface area contributed by atoms with Crippen molar-refractivity contribution < 1.29 is 19.1 Å². The van der Waals surface area contributed by atoms with Crippen molar-refractivity contribution in [3.8, 4) is 5.75 Å². The summed E-state index contributed by atoms with van der Waals surface area (Å²) in [6, 6.07) is 13.1. The fraction of sp³-hybridized carbons (Fsp3) is 0.211. The van der Waals surface area contributed by atoms with E-state index in [1.165, 1.54) is 0 Å². The van der Waals surface area contributed by atoms with Crippen molar-refractivity contribution in [1.29, 1.82) is 0 Å². The molecule has 0 spiro atoms. The number of rotatable bonds is 6. The minimum absolute atomic E-state index is 0.147. The number of halogens is 1. The van der Waals surface area contributed by atoms with E-state index in [2.05, 4.69) is 0 Å². The average molecular weight is 449 g/mol. The van der Waals surface area contributed by atoms with Crippen LogP contribution < -0.4 is 4.74 Å². The van der Waals surface area contributed by atoms with Crippen molar-refractivity contribution >= 4 is 40.2 Å². The standard InChI is InChI=1S/C19H16INO4/c1-25-13-8-6-12(7-9-13)10-16(17(22)11-20)21-18(23)14-4-2-3-5-15(14)19(21)24/h2-9,16H,10-11H2,1H3/t16-/m1/s1. The summed E-state index contributed by atoms with van der Waals surface area (Å²) >= 11 is 1.96. The van der Waals surface area contributed by atoms with Crippen LogP contribution in [-0.2, 0) is 11.2 Å². The van der Waals surface area contributed by atoms with Gasteiger partial charge < -0.3 is 4.74 Å². The first-order chi connectivity index (χ1) is 12.1. The Balaban J connectivity index is 1.93. The third-order valence-electron chi connectivity index (χ3n) is 4.23. The number of ether oxygens (including phenoxy) is 1. The molecule has 2 amide bonds. The number of imide groups is 1. The van der Waals surface area contributed by atoms with Gasteiger partial charge in [0, 0.05) is 6.42 Å². The molecule has 3 rings (SSSR count). The Labute approximate surface area is 159 Å². The van der Waals surface area contributed by atoms with Crippen LogP contribution in [0.2, 0.25) is 0 Å². The number of carbonyl (C=O) groups is 3. The van der Waals surface area contributed by atoms with Gasteiger partial charge in [-0.05, 0) is 29.8 Å². The average Bonchev–Trinajstić information content (AvgIpc) is 2.91. The molecule has 6 heteroatoms. The summed E-state index contributed by atoms with van der Waals surface area (Å²) < 4.78 is 5.36. The fourth-order valence-electron chi connectivity index (χ4n) is 2.91. The minimum Gasteiger partial charge on any atom is -0.497 e. The Morgan fingerprint density at radius 2 is 1.60 bits per heavy atom. The van der Waals surface area contributed by atoms with Gasteiger partial charge in [0.2, 0.25) is 0 Å². The number of hydrogen-bond acceptors (Lipinski definition) is 4. The molecule has 0 aliphatic carbocycles. The van der Waals surface area contributed by atoms with Crippen LogP contribution in [0.5, 0.6) is 5.75 Å². The molecule has 0 N–H and O–H groups in total. The van der Waals surface area contributed by atoms with Crippen LogP contribution in [0.4, 0.5) is 0 Å². The number of Topliss-reactive ketones (excluding diaryl/α,β-unsaturated/α-hetero) is 1. The van der Waals surface area contributed by atoms with E-state index in [1.807, 2.05) is 34.7 Å². The third kappa shape index (κ3) is 3.30. The molecule has 1 atom stereocenters. The van der Waals surface area contributed by atoms with Crippen molar-refractivity contribution in [2.45, 2.75) is 12.5 Å². The van der Waals surface area contributed by atoms with Crippen molar-refractivity contribution in [3.63, 3.8) is 0 Å². The van der Waals surface area contributed by atoms with E-state index < -0.39 is 17.9 Å². The number of alkyl halides is 1. The summed E-state index contributed by atoms with van der Waals surface area (Å²) in [6.45, 7) is 0. The summed E-state index contributed by atoms with van der Waals surface area (Å²) in [5.41, 5.74) is 1.57. The Morgan fingerprint density at radius 3 is 2.08 bits per heavy atom. The number of benzene rings is 2. The summed E-state index contributed by atoms with van der Waals surface area (Å²) in [5.74, 6) is -0.248. The van der Waals surface area contributed by atoms with Crippen LogP contribution in [0.1, 0.15) is 26.3 Å². The Hall–Kier alpha value is -2.22. The number of nitrogens with zero attached hydrogens (tertiary/aromatic N) is 1. The minimum atomic E-state index is -0.808. The van der Waals surface area contributed by atoms with Gasteiger partial charge in [-0.25, -0.2) is 0 Å². The van der Waals surface area contributed by atoms with Gasteiger partial charge in [-0.3, -0.25) is 19.3 Å². The molecule has 1 aliphatic rings. The monoisotopic (exact) mass is 449 g/mol. The molecule has 128 valence electrons. The van der Waals surface area contributed by atoms with E-state index >= 15 is 0 Å². The highest BCUT2D eigenvalue weighted by Gasteiger charge is 2.42. The molecule has 0 fully saturated rings. The van der Waals surface area contributed by atoms with Crippen molar-refractivity contribution in [2.24, 2.45) is 0 Å². The van der Waals surface area contributed by atoms with E-state index in [1.54, 1.807) is 43.5 Å². The van der Waals surface area contributed by atoms with E-state index in [9.17, 15) is 14.4 Å². The predicted molar refractivity (Wildman–Crippen MR) is 101 cm³/mol. The van der Waals surface area contributed by atoms with Gasteiger partial charge in [0.1, 0.15) is 11.8 Å². The molecule has 0 bridgehead atoms. The molecule has 0 saturated carbocycles. The molecule has 2 aromatic carbocycles. The molecule has 25 heavy (non-hydrogen) atoms. The van der Waals surface area contributed by atoms with Crippen molar-refractivity contribution in [3.05, 3.63) is 65.2 Å². The van der Waals surface area contributed by atoms with Crippen molar-refractivity contribution in [2.75, 3.05) is 11.5 Å². The lowest BCUT2D eigenvalue weighted by Crippen LogP contribution is -2.46. The van der Waals surface area contributed by atoms with Gasteiger partial charge in [-0.2, -0.15) is 0 Å². The number of hydrogen-bond donors (Lipinski definition) is 0. The highest BCUT2D eigenvalue weighted by Crippen LogP contribution is 2.27. The van der Waals surface area contributed by atoms with Gasteiger partial charge in [0.15, 0.2) is 5.78 Å². The fourth-order valence-corrected chi connectivity index (χ4v) is 3.42. The van der Waals surface area contributed by atoms with Crippen LogP contribution >= 0.6 is 22.6 Å². The van der Waals surface area contributed by atoms with E-state index in [0.29, 0.717) is 16.9 Å². The Bertz CT molecular complexity index is 797. The molecule has 2 aromatic rings. The predicted octanol–water partition coefficient (Wildman–Crippen LogP) is 2.91. The summed E-state index contributed by atoms with van der Waals surface area (Å²) in [5, 5.41) is 0. The SMILES string of the molecule is COc1ccc(C[C@H](C(=O)CI)N2C(=O)c3ccccc3C2=O)cc1. The topological polar surface area (TPSA) is 63.7 Å². The zero-order valence-electron chi connectivity index (χ0n) is 13.6. The second-order valence-electron chi connectivity index (χ2n) is 5.69. The number of methoxy groups -OCH3 is 1. The van der Waals surface area contributed by atoms with Crippen LogP contribution in [0, 0.1) is 0 Å². The number of fused-ring (bicyclic) bond motifs is 1. The van der Waals surface area contributed by atoms with Gasteiger partial charge in [-0.1, -0.05) is 46.9 Å². The number of ketones is 1. The van der Waals surface area contributed by atoms with Crippen LogP contribution in [0.25, 0.3) is 0 Å². The number of carbonyl (C=O) groups excluding carboxylic acids is 3. The van der Waals surface area contributed by atoms with Gasteiger partial charge in [-0.15, -0.1) is 0 Å². The van der Waals surface area contributed by atoms with E-state index in [-0.39, 0.29) is 16.6 Å². The van der Waals surface area contributed by atoms with Gasteiger partial charge >= 0.3 is 0 Å². The zero-order valence-corrected chi connectivity index (χ0v) is 15.7. The smallest absolute Gasteiger partial charge is 0.262 e. The molecule has 5 nitrogen and oxygen atoms in total. The second-order valence-corrected chi connectivity index (χ2v) is 6.46. The van der Waals surface area contributed by atoms with Crippen LogP contribution in [-0.4, -0.2) is 40.1 Å². The maximum Gasteiger partial charge on any atom is 0.262 e. The summed E-state index contributed by atoms with van der Waals surface area (Å²) in [6.07, 6.45) is 0.289.